The molecule has 3 aromatic carbocycles. The largest absolute Gasteiger partial charge is 0.308 e. The highest BCUT2D eigenvalue weighted by atomic mass is 32.2. The second-order valence-electron chi connectivity index (χ2n) is 5.97. The molecule has 0 saturated carbocycles. The van der Waals surface area contributed by atoms with Gasteiger partial charge in [0.05, 0.1) is 16.3 Å². The Kier molecular flexibility index (Phi) is 3.69. The van der Waals surface area contributed by atoms with Gasteiger partial charge in [0, 0.05) is 22.9 Å². The van der Waals surface area contributed by atoms with Gasteiger partial charge < -0.3 is 4.90 Å². The summed E-state index contributed by atoms with van der Waals surface area (Å²) in [5.41, 5.74) is 1.70. The summed E-state index contributed by atoms with van der Waals surface area (Å²) in [6.07, 6.45) is 0. The van der Waals surface area contributed by atoms with Crippen molar-refractivity contribution in [3.8, 4) is 0 Å². The highest BCUT2D eigenvalue weighted by Crippen LogP contribution is 2.40. The van der Waals surface area contributed by atoms with Crippen LogP contribution in [0.3, 0.4) is 0 Å². The van der Waals surface area contributed by atoms with Gasteiger partial charge in [-0.15, -0.1) is 0 Å². The summed E-state index contributed by atoms with van der Waals surface area (Å²) in [6, 6.07) is 13.2. The molecule has 1 N–H and O–H groups in total. The van der Waals surface area contributed by atoms with Gasteiger partial charge in [-0.2, -0.15) is 0 Å². The molecule has 1 heterocycles. The minimum Gasteiger partial charge on any atom is -0.308 e. The molecule has 0 bridgehead atoms. The van der Waals surface area contributed by atoms with Crippen molar-refractivity contribution in [3.05, 3.63) is 66.0 Å². The second kappa shape index (κ2) is 5.81. The molecule has 0 radical (unpaired) electrons. The predicted octanol–water partition coefficient (Wildman–Crippen LogP) is 3.76. The zero-order valence-electron chi connectivity index (χ0n) is 13.9. The number of rotatable bonds is 4. The van der Waals surface area contributed by atoms with Crippen molar-refractivity contribution in [1.29, 1.82) is 0 Å². The van der Waals surface area contributed by atoms with Crippen molar-refractivity contribution in [1.82, 2.24) is 0 Å². The molecule has 1 aliphatic rings. The summed E-state index contributed by atoms with van der Waals surface area (Å²) in [7, 11) is -3.87. The summed E-state index contributed by atoms with van der Waals surface area (Å²) in [4.78, 5) is 14.1. The molecule has 0 unspecified atom stereocenters. The summed E-state index contributed by atoms with van der Waals surface area (Å²) < 4.78 is 40.8. The Morgan fingerprint density at radius 1 is 1.04 bits per heavy atom. The summed E-state index contributed by atoms with van der Waals surface area (Å²) in [5, 5.41) is 1.38. The van der Waals surface area contributed by atoms with Crippen molar-refractivity contribution in [2.75, 3.05) is 16.2 Å². The van der Waals surface area contributed by atoms with E-state index in [9.17, 15) is 17.6 Å². The molecule has 0 atom stereocenters. The Labute approximate surface area is 150 Å². The number of hydrogen-bond donors (Lipinski definition) is 1. The Bertz CT molecular complexity index is 1140. The minimum atomic E-state index is -3.87. The Morgan fingerprint density at radius 3 is 2.46 bits per heavy atom. The van der Waals surface area contributed by atoms with E-state index in [1.165, 1.54) is 12.1 Å². The summed E-state index contributed by atoms with van der Waals surface area (Å²) in [5.74, 6) is -0.598. The third kappa shape index (κ3) is 2.43. The number of sulfonamides is 1. The van der Waals surface area contributed by atoms with E-state index < -0.39 is 15.8 Å². The molecule has 3 aromatic rings. The van der Waals surface area contributed by atoms with Crippen molar-refractivity contribution in [2.45, 2.75) is 11.8 Å². The van der Waals surface area contributed by atoms with E-state index in [0.29, 0.717) is 23.2 Å². The van der Waals surface area contributed by atoms with Crippen LogP contribution >= 0.6 is 0 Å². The molecular weight excluding hydrogens is 355 g/mol. The third-order valence-electron chi connectivity index (χ3n) is 4.47. The molecule has 4 rings (SSSR count). The number of halogens is 1. The maximum atomic E-state index is 13.1. The van der Waals surface area contributed by atoms with Crippen molar-refractivity contribution < 1.29 is 17.6 Å². The number of nitrogens with one attached hydrogen (secondary N) is 1. The number of nitrogens with zero attached hydrogens (tertiary/aromatic N) is 1. The Hall–Kier alpha value is -2.93. The van der Waals surface area contributed by atoms with Crippen LogP contribution in [0.2, 0.25) is 0 Å². The van der Waals surface area contributed by atoms with Crippen molar-refractivity contribution in [3.63, 3.8) is 0 Å². The lowest BCUT2D eigenvalue weighted by atomic mass is 10.0. The van der Waals surface area contributed by atoms with Crippen LogP contribution in [0.4, 0.5) is 15.8 Å². The topological polar surface area (TPSA) is 66.5 Å². The van der Waals surface area contributed by atoms with Gasteiger partial charge in [0.2, 0.25) is 0 Å². The maximum Gasteiger partial charge on any atom is 0.261 e. The van der Waals surface area contributed by atoms with E-state index in [2.05, 4.69) is 4.72 Å². The van der Waals surface area contributed by atoms with Crippen molar-refractivity contribution >= 4 is 38.1 Å². The van der Waals surface area contributed by atoms with Crippen LogP contribution in [-0.2, 0) is 10.0 Å². The molecule has 0 aromatic heterocycles. The molecular formula is C19H15FN2O3S. The van der Waals surface area contributed by atoms with Crippen LogP contribution in [0.25, 0.3) is 10.8 Å². The zero-order chi connectivity index (χ0) is 18.5. The lowest BCUT2D eigenvalue weighted by Gasteiger charge is -2.16. The van der Waals surface area contributed by atoms with E-state index in [1.807, 2.05) is 6.92 Å². The van der Waals surface area contributed by atoms with Crippen LogP contribution in [0.5, 0.6) is 0 Å². The van der Waals surface area contributed by atoms with E-state index in [0.717, 1.165) is 23.2 Å². The fourth-order valence-corrected chi connectivity index (χ4v) is 4.35. The fraction of sp³-hybridized carbons (Fsp3) is 0.105. The quantitative estimate of drug-likeness (QED) is 0.760. The number of anilines is 2. The third-order valence-corrected chi connectivity index (χ3v) is 5.85. The van der Waals surface area contributed by atoms with Gasteiger partial charge in [0.25, 0.3) is 15.9 Å². The van der Waals surface area contributed by atoms with Crippen LogP contribution in [0.1, 0.15) is 17.3 Å². The molecule has 1 aliphatic heterocycles. The summed E-state index contributed by atoms with van der Waals surface area (Å²) >= 11 is 0. The van der Waals surface area contributed by atoms with E-state index >= 15 is 0 Å². The first kappa shape index (κ1) is 16.5. The molecule has 1 amide bonds. The van der Waals surface area contributed by atoms with Crippen LogP contribution in [0.15, 0.2) is 59.5 Å². The standard InChI is InChI=1S/C19H15FN2O3S/c1-2-22-17-11-10-16(14-4-3-5-15(18(14)17)19(22)23)21-26(24,25)13-8-6-12(20)7-9-13/h3-11,21H,2H2,1H3. The molecule has 5 nitrogen and oxygen atoms in total. The molecule has 26 heavy (non-hydrogen) atoms. The molecule has 0 spiro atoms. The highest BCUT2D eigenvalue weighted by molar-refractivity contribution is 7.92. The van der Waals surface area contributed by atoms with E-state index in [-0.39, 0.29) is 10.8 Å². The molecule has 0 aliphatic carbocycles. The zero-order valence-corrected chi connectivity index (χ0v) is 14.7. The van der Waals surface area contributed by atoms with Crippen LogP contribution in [-0.4, -0.2) is 20.9 Å². The maximum absolute atomic E-state index is 13.1. The molecule has 0 fully saturated rings. The number of benzene rings is 3. The average molecular weight is 370 g/mol. The van der Waals surface area contributed by atoms with Crippen LogP contribution in [0, 0.1) is 5.82 Å². The van der Waals surface area contributed by atoms with Gasteiger partial charge in [-0.1, -0.05) is 12.1 Å². The van der Waals surface area contributed by atoms with Gasteiger partial charge >= 0.3 is 0 Å². The van der Waals surface area contributed by atoms with E-state index in [1.54, 1.807) is 35.2 Å². The molecule has 0 saturated heterocycles. The SMILES string of the molecule is CCN1C(=O)c2cccc3c(NS(=O)(=O)c4ccc(F)cc4)ccc1c23. The lowest BCUT2D eigenvalue weighted by Crippen LogP contribution is -2.25. The molecule has 7 heteroatoms. The first-order valence-corrected chi connectivity index (χ1v) is 9.56. The highest BCUT2D eigenvalue weighted by Gasteiger charge is 2.29. The summed E-state index contributed by atoms with van der Waals surface area (Å²) in [6.45, 7) is 2.42. The first-order valence-electron chi connectivity index (χ1n) is 8.08. The van der Waals surface area contributed by atoms with E-state index in [4.69, 9.17) is 0 Å². The number of carbonyl (C=O) groups is 1. The van der Waals surface area contributed by atoms with Crippen LogP contribution < -0.4 is 9.62 Å². The number of amides is 1. The Morgan fingerprint density at radius 2 is 1.77 bits per heavy atom. The number of carbonyl (C=O) groups excluding carboxylic acids is 1. The van der Waals surface area contributed by atoms with Crippen molar-refractivity contribution in [2.24, 2.45) is 0 Å². The van der Waals surface area contributed by atoms with Gasteiger partial charge in [-0.3, -0.25) is 9.52 Å². The normalized spacial score (nSPS) is 13.5. The van der Waals surface area contributed by atoms with Gasteiger partial charge in [0.15, 0.2) is 0 Å². The first-order chi connectivity index (χ1) is 12.4. The monoisotopic (exact) mass is 370 g/mol. The van der Waals surface area contributed by atoms with Gasteiger partial charge in [-0.25, -0.2) is 12.8 Å². The predicted molar refractivity (Wildman–Crippen MR) is 98.5 cm³/mol. The Balaban J connectivity index is 1.84. The fourth-order valence-electron chi connectivity index (χ4n) is 3.27. The number of hydrogen-bond acceptors (Lipinski definition) is 3. The smallest absolute Gasteiger partial charge is 0.261 e. The lowest BCUT2D eigenvalue weighted by molar-refractivity contribution is 0.0994. The average Bonchev–Trinajstić information content (AvgIpc) is 2.91. The second-order valence-corrected chi connectivity index (χ2v) is 7.65. The van der Waals surface area contributed by atoms with Gasteiger partial charge in [-0.05, 0) is 49.4 Å². The van der Waals surface area contributed by atoms with Gasteiger partial charge in [0.1, 0.15) is 5.82 Å². The minimum absolute atomic E-state index is 0.0339. The molecule has 132 valence electrons.